The highest BCUT2D eigenvalue weighted by Crippen LogP contribution is 2.29. The van der Waals surface area contributed by atoms with Crippen LogP contribution in [0.1, 0.15) is 46.5 Å². The van der Waals surface area contributed by atoms with Gasteiger partial charge in [-0.05, 0) is 39.2 Å². The molecule has 0 bridgehead atoms. The molecule has 1 aliphatic heterocycles. The van der Waals surface area contributed by atoms with Crippen LogP contribution in [0.25, 0.3) is 0 Å². The van der Waals surface area contributed by atoms with E-state index in [4.69, 9.17) is 0 Å². The fourth-order valence-electron chi connectivity index (χ4n) is 2.68. The second-order valence-electron chi connectivity index (χ2n) is 5.68. The summed E-state index contributed by atoms with van der Waals surface area (Å²) in [7, 11) is 0. The number of piperidine rings is 1. The molecule has 1 rings (SSSR count). The number of rotatable bonds is 5. The summed E-state index contributed by atoms with van der Waals surface area (Å²) in [5, 5.41) is 19.6. The number of likely N-dealkylation sites (tertiary alicyclic amines) is 1. The molecule has 96 valence electrons. The van der Waals surface area contributed by atoms with E-state index in [9.17, 15) is 10.2 Å². The standard InChI is InChI=1S/C13H27NO2/c1-4-13(5-2,11-15)10-14-8-6-7-12(3,16)9-14/h15-16H,4-11H2,1-3H3. The molecule has 1 fully saturated rings. The summed E-state index contributed by atoms with van der Waals surface area (Å²) >= 11 is 0. The van der Waals surface area contributed by atoms with Crippen LogP contribution in [-0.4, -0.2) is 47.0 Å². The number of β-amino-alcohol motifs (C(OH)–C–C–N with tert-alkyl or cyclic N) is 1. The maximum Gasteiger partial charge on any atom is 0.0746 e. The van der Waals surface area contributed by atoms with Gasteiger partial charge in [0.05, 0.1) is 5.60 Å². The molecule has 3 nitrogen and oxygen atoms in total. The van der Waals surface area contributed by atoms with E-state index >= 15 is 0 Å². The van der Waals surface area contributed by atoms with Crippen LogP contribution in [0, 0.1) is 5.41 Å². The molecule has 0 radical (unpaired) electrons. The molecule has 0 spiro atoms. The summed E-state index contributed by atoms with van der Waals surface area (Å²) in [4.78, 5) is 2.31. The molecule has 2 N–H and O–H groups in total. The van der Waals surface area contributed by atoms with Crippen LogP contribution in [-0.2, 0) is 0 Å². The number of aliphatic hydroxyl groups excluding tert-OH is 1. The van der Waals surface area contributed by atoms with Crippen LogP contribution in [0.15, 0.2) is 0 Å². The first-order valence-corrected chi connectivity index (χ1v) is 6.52. The molecule has 1 aliphatic rings. The lowest BCUT2D eigenvalue weighted by Crippen LogP contribution is -2.50. The van der Waals surface area contributed by atoms with Crippen molar-refractivity contribution < 1.29 is 10.2 Å². The van der Waals surface area contributed by atoms with Gasteiger partial charge >= 0.3 is 0 Å². The van der Waals surface area contributed by atoms with Crippen molar-refractivity contribution in [3.05, 3.63) is 0 Å². The van der Waals surface area contributed by atoms with Crippen molar-refractivity contribution in [2.75, 3.05) is 26.2 Å². The lowest BCUT2D eigenvalue weighted by Gasteiger charge is -2.42. The first-order chi connectivity index (χ1) is 7.47. The highest BCUT2D eigenvalue weighted by molar-refractivity contribution is 4.87. The van der Waals surface area contributed by atoms with Crippen LogP contribution in [0.5, 0.6) is 0 Å². The third-order valence-corrected chi connectivity index (χ3v) is 4.15. The molecule has 1 heterocycles. The first kappa shape index (κ1) is 13.9. The lowest BCUT2D eigenvalue weighted by atomic mass is 9.81. The van der Waals surface area contributed by atoms with Crippen molar-refractivity contribution in [1.82, 2.24) is 4.90 Å². The quantitative estimate of drug-likeness (QED) is 0.753. The van der Waals surface area contributed by atoms with Crippen LogP contribution >= 0.6 is 0 Å². The van der Waals surface area contributed by atoms with Gasteiger partial charge in [-0.15, -0.1) is 0 Å². The maximum absolute atomic E-state index is 10.1. The molecule has 0 amide bonds. The number of hydrogen-bond donors (Lipinski definition) is 2. The highest BCUT2D eigenvalue weighted by atomic mass is 16.3. The molecule has 0 saturated carbocycles. The summed E-state index contributed by atoms with van der Waals surface area (Å²) in [6.45, 7) is 9.15. The zero-order valence-electron chi connectivity index (χ0n) is 11.0. The molecule has 0 aliphatic carbocycles. The Morgan fingerprint density at radius 3 is 2.38 bits per heavy atom. The molecular formula is C13H27NO2. The van der Waals surface area contributed by atoms with Crippen molar-refractivity contribution in [2.24, 2.45) is 5.41 Å². The van der Waals surface area contributed by atoms with Crippen LogP contribution in [0.2, 0.25) is 0 Å². The van der Waals surface area contributed by atoms with Gasteiger partial charge in [-0.3, -0.25) is 4.90 Å². The van der Waals surface area contributed by atoms with E-state index < -0.39 is 5.60 Å². The van der Waals surface area contributed by atoms with Gasteiger partial charge in [-0.25, -0.2) is 0 Å². The molecular weight excluding hydrogens is 202 g/mol. The fourth-order valence-corrected chi connectivity index (χ4v) is 2.68. The summed E-state index contributed by atoms with van der Waals surface area (Å²) in [6.07, 6.45) is 3.95. The van der Waals surface area contributed by atoms with Crippen molar-refractivity contribution >= 4 is 0 Å². The second kappa shape index (κ2) is 5.48. The Morgan fingerprint density at radius 1 is 1.31 bits per heavy atom. The van der Waals surface area contributed by atoms with E-state index in [1.54, 1.807) is 0 Å². The molecule has 1 unspecified atom stereocenters. The monoisotopic (exact) mass is 229 g/mol. The number of hydrogen-bond acceptors (Lipinski definition) is 3. The summed E-state index contributed by atoms with van der Waals surface area (Å²) in [5.41, 5.74) is -0.519. The van der Waals surface area contributed by atoms with Crippen LogP contribution in [0.4, 0.5) is 0 Å². The maximum atomic E-state index is 10.1. The topological polar surface area (TPSA) is 43.7 Å². The van der Waals surface area contributed by atoms with Gasteiger partial charge in [0.2, 0.25) is 0 Å². The van der Waals surface area contributed by atoms with Gasteiger partial charge < -0.3 is 10.2 Å². The van der Waals surface area contributed by atoms with E-state index in [1.807, 2.05) is 6.92 Å². The fraction of sp³-hybridized carbons (Fsp3) is 1.00. The van der Waals surface area contributed by atoms with E-state index in [1.165, 1.54) is 0 Å². The Hall–Kier alpha value is -0.120. The Morgan fingerprint density at radius 2 is 1.94 bits per heavy atom. The minimum atomic E-state index is -0.541. The zero-order valence-corrected chi connectivity index (χ0v) is 11.0. The Kier molecular flexibility index (Phi) is 4.77. The Labute approximate surface area is 99.5 Å². The third kappa shape index (κ3) is 3.44. The molecule has 0 aromatic carbocycles. The average Bonchev–Trinajstić information content (AvgIpc) is 2.25. The van der Waals surface area contributed by atoms with Crippen molar-refractivity contribution in [1.29, 1.82) is 0 Å². The van der Waals surface area contributed by atoms with Gasteiger partial charge in [-0.2, -0.15) is 0 Å². The lowest BCUT2D eigenvalue weighted by molar-refractivity contribution is -0.0371. The first-order valence-electron chi connectivity index (χ1n) is 6.52. The normalized spacial score (nSPS) is 28.3. The number of nitrogens with zero attached hydrogens (tertiary/aromatic N) is 1. The Balaban J connectivity index is 2.58. The molecule has 3 heteroatoms. The SMILES string of the molecule is CCC(CC)(CO)CN1CCCC(C)(O)C1. The molecule has 1 saturated heterocycles. The van der Waals surface area contributed by atoms with Crippen LogP contribution < -0.4 is 0 Å². The minimum absolute atomic E-state index is 0.0213. The van der Waals surface area contributed by atoms with Gasteiger partial charge in [0, 0.05) is 25.1 Å². The number of aliphatic hydroxyl groups is 2. The van der Waals surface area contributed by atoms with Gasteiger partial charge in [0.25, 0.3) is 0 Å². The van der Waals surface area contributed by atoms with E-state index in [2.05, 4.69) is 18.7 Å². The van der Waals surface area contributed by atoms with E-state index in [-0.39, 0.29) is 12.0 Å². The van der Waals surface area contributed by atoms with E-state index in [0.717, 1.165) is 45.3 Å². The Bertz CT molecular complexity index is 204. The van der Waals surface area contributed by atoms with Crippen molar-refractivity contribution in [3.8, 4) is 0 Å². The molecule has 16 heavy (non-hydrogen) atoms. The predicted octanol–water partition coefficient (Wildman–Crippen LogP) is 1.63. The van der Waals surface area contributed by atoms with Crippen LogP contribution in [0.3, 0.4) is 0 Å². The predicted molar refractivity (Wildman–Crippen MR) is 66.4 cm³/mol. The summed E-state index contributed by atoms with van der Waals surface area (Å²) in [6, 6.07) is 0. The second-order valence-corrected chi connectivity index (χ2v) is 5.68. The van der Waals surface area contributed by atoms with Gasteiger partial charge in [-0.1, -0.05) is 13.8 Å². The third-order valence-electron chi connectivity index (χ3n) is 4.15. The van der Waals surface area contributed by atoms with Gasteiger partial charge in [0.15, 0.2) is 0 Å². The summed E-state index contributed by atoms with van der Waals surface area (Å²) in [5.74, 6) is 0. The zero-order chi connectivity index (χ0) is 12.2. The van der Waals surface area contributed by atoms with Crippen molar-refractivity contribution in [3.63, 3.8) is 0 Å². The average molecular weight is 229 g/mol. The van der Waals surface area contributed by atoms with E-state index in [0.29, 0.717) is 0 Å². The van der Waals surface area contributed by atoms with Gasteiger partial charge in [0.1, 0.15) is 0 Å². The largest absolute Gasteiger partial charge is 0.396 e. The summed E-state index contributed by atoms with van der Waals surface area (Å²) < 4.78 is 0. The minimum Gasteiger partial charge on any atom is -0.396 e. The molecule has 0 aromatic rings. The van der Waals surface area contributed by atoms with Crippen molar-refractivity contribution in [2.45, 2.75) is 52.1 Å². The molecule has 0 aromatic heterocycles. The highest BCUT2D eigenvalue weighted by Gasteiger charge is 2.33. The molecule has 1 atom stereocenters. The smallest absolute Gasteiger partial charge is 0.0746 e.